The third kappa shape index (κ3) is 6.72. The highest BCUT2D eigenvalue weighted by molar-refractivity contribution is 7.92. The Hall–Kier alpha value is -2.54. The predicted molar refractivity (Wildman–Crippen MR) is 126 cm³/mol. The Kier molecular flexibility index (Phi) is 8.92. The van der Waals surface area contributed by atoms with Crippen LogP contribution in [0.2, 0.25) is 0 Å². The summed E-state index contributed by atoms with van der Waals surface area (Å²) >= 11 is 0. The lowest BCUT2D eigenvalue weighted by Gasteiger charge is -2.30. The fraction of sp³-hybridized carbons (Fsp3) is 0.458. The van der Waals surface area contributed by atoms with Crippen LogP contribution >= 0.6 is 0 Å². The number of nitrogens with zero attached hydrogens (tertiary/aromatic N) is 1. The zero-order valence-electron chi connectivity index (χ0n) is 19.1. The molecule has 1 N–H and O–H groups in total. The second kappa shape index (κ2) is 11.2. The first kappa shape index (κ1) is 24.7. The van der Waals surface area contributed by atoms with E-state index in [9.17, 15) is 13.2 Å². The van der Waals surface area contributed by atoms with Crippen LogP contribution in [-0.2, 0) is 21.2 Å². The Bertz CT molecular complexity index is 989. The van der Waals surface area contributed by atoms with Gasteiger partial charge in [-0.2, -0.15) is 0 Å². The molecule has 2 aromatic rings. The van der Waals surface area contributed by atoms with Crippen molar-refractivity contribution in [1.82, 2.24) is 5.32 Å². The molecule has 0 radical (unpaired) electrons. The Morgan fingerprint density at radius 1 is 1.10 bits per heavy atom. The first-order chi connectivity index (χ1) is 14.7. The molecule has 0 aliphatic rings. The molecule has 0 spiro atoms. The molecule has 0 aromatic heterocycles. The molecular weight excluding hydrogens is 412 g/mol. The lowest BCUT2D eigenvalue weighted by Crippen LogP contribution is -2.49. The van der Waals surface area contributed by atoms with Gasteiger partial charge in [0.15, 0.2) is 0 Å². The molecule has 2 rings (SSSR count). The van der Waals surface area contributed by atoms with Crippen molar-refractivity contribution >= 4 is 21.6 Å². The number of carbonyl (C=O) groups is 1. The summed E-state index contributed by atoms with van der Waals surface area (Å²) in [5, 5.41) is 2.92. The minimum absolute atomic E-state index is 0.288. The molecule has 0 saturated heterocycles. The average molecular weight is 447 g/mol. The summed E-state index contributed by atoms with van der Waals surface area (Å²) in [6, 6.07) is 12.5. The van der Waals surface area contributed by atoms with Crippen LogP contribution in [-0.4, -0.2) is 39.8 Å². The number of carbonyl (C=O) groups excluding carboxylic acids is 1. The minimum Gasteiger partial charge on any atom is -0.494 e. The zero-order valence-corrected chi connectivity index (χ0v) is 20.0. The summed E-state index contributed by atoms with van der Waals surface area (Å²) in [6.45, 7) is 8.73. The van der Waals surface area contributed by atoms with E-state index < -0.39 is 16.1 Å². The maximum absolute atomic E-state index is 12.9. The summed E-state index contributed by atoms with van der Waals surface area (Å²) in [6.07, 6.45) is 3.01. The van der Waals surface area contributed by atoms with Crippen molar-refractivity contribution in [3.05, 3.63) is 59.2 Å². The van der Waals surface area contributed by atoms with Crippen LogP contribution in [0.4, 0.5) is 5.69 Å². The van der Waals surface area contributed by atoms with E-state index in [1.807, 2.05) is 64.1 Å². The van der Waals surface area contributed by atoms with Gasteiger partial charge >= 0.3 is 0 Å². The molecule has 0 aliphatic heterocycles. The van der Waals surface area contributed by atoms with Gasteiger partial charge in [-0.05, 0) is 74.9 Å². The number of rotatable bonds is 11. The maximum atomic E-state index is 12.9. The number of amides is 1. The fourth-order valence-electron chi connectivity index (χ4n) is 3.54. The van der Waals surface area contributed by atoms with Crippen molar-refractivity contribution in [2.24, 2.45) is 0 Å². The van der Waals surface area contributed by atoms with Crippen LogP contribution < -0.4 is 14.4 Å². The number of aryl methyl sites for hydroxylation is 3. The lowest BCUT2D eigenvalue weighted by molar-refractivity contribution is -0.122. The maximum Gasteiger partial charge on any atom is 0.243 e. The van der Waals surface area contributed by atoms with Gasteiger partial charge in [0.25, 0.3) is 0 Å². The summed E-state index contributed by atoms with van der Waals surface area (Å²) in [7, 11) is -3.63. The summed E-state index contributed by atoms with van der Waals surface area (Å²) in [4.78, 5) is 12.9. The number of para-hydroxylation sites is 1. The van der Waals surface area contributed by atoms with Crippen LogP contribution in [0, 0.1) is 13.8 Å². The largest absolute Gasteiger partial charge is 0.494 e. The molecule has 7 heteroatoms. The molecule has 0 fully saturated rings. The molecule has 2 aromatic carbocycles. The monoisotopic (exact) mass is 446 g/mol. The Morgan fingerprint density at radius 2 is 1.81 bits per heavy atom. The fourth-order valence-corrected chi connectivity index (χ4v) is 4.74. The van der Waals surface area contributed by atoms with Gasteiger partial charge < -0.3 is 10.1 Å². The van der Waals surface area contributed by atoms with Crippen molar-refractivity contribution < 1.29 is 17.9 Å². The van der Waals surface area contributed by atoms with Gasteiger partial charge in [0, 0.05) is 6.54 Å². The second-order valence-corrected chi connectivity index (χ2v) is 9.55. The molecule has 0 unspecified atom stereocenters. The number of sulfonamides is 1. The zero-order chi connectivity index (χ0) is 23.0. The minimum atomic E-state index is -3.63. The molecule has 0 heterocycles. The first-order valence-corrected chi connectivity index (χ1v) is 12.6. The molecule has 1 atom stereocenters. The highest BCUT2D eigenvalue weighted by Crippen LogP contribution is 2.25. The van der Waals surface area contributed by atoms with Gasteiger partial charge in [0.05, 0.1) is 18.6 Å². The second-order valence-electron chi connectivity index (χ2n) is 7.69. The van der Waals surface area contributed by atoms with E-state index in [0.717, 1.165) is 41.5 Å². The van der Waals surface area contributed by atoms with Crippen LogP contribution in [0.1, 0.15) is 43.4 Å². The highest BCUT2D eigenvalue weighted by atomic mass is 32.2. The molecule has 0 aliphatic carbocycles. The van der Waals surface area contributed by atoms with E-state index in [1.165, 1.54) is 4.31 Å². The van der Waals surface area contributed by atoms with Crippen LogP contribution in [0.5, 0.6) is 5.75 Å². The molecule has 0 saturated carbocycles. The van der Waals surface area contributed by atoms with Crippen molar-refractivity contribution in [1.29, 1.82) is 0 Å². The number of nitrogens with one attached hydrogen (secondary N) is 1. The molecule has 0 bridgehead atoms. The quantitative estimate of drug-likeness (QED) is 0.530. The van der Waals surface area contributed by atoms with E-state index in [1.54, 1.807) is 6.07 Å². The Labute approximate surface area is 186 Å². The van der Waals surface area contributed by atoms with Gasteiger partial charge in [-0.15, -0.1) is 0 Å². The number of ether oxygens (including phenoxy) is 1. The van der Waals surface area contributed by atoms with E-state index in [0.29, 0.717) is 25.3 Å². The highest BCUT2D eigenvalue weighted by Gasteiger charge is 2.31. The average Bonchev–Trinajstić information content (AvgIpc) is 2.71. The molecular formula is C24H34N2O4S. The van der Waals surface area contributed by atoms with Crippen LogP contribution in [0.15, 0.2) is 42.5 Å². The summed E-state index contributed by atoms with van der Waals surface area (Å²) < 4.78 is 32.0. The van der Waals surface area contributed by atoms with Gasteiger partial charge in [-0.1, -0.05) is 31.2 Å². The predicted octanol–water partition coefficient (Wildman–Crippen LogP) is 4.00. The normalized spacial score (nSPS) is 12.3. The van der Waals surface area contributed by atoms with Gasteiger partial charge in [-0.25, -0.2) is 8.42 Å². The van der Waals surface area contributed by atoms with Crippen molar-refractivity contribution in [2.75, 3.05) is 23.7 Å². The third-order valence-electron chi connectivity index (χ3n) is 5.27. The van der Waals surface area contributed by atoms with Crippen molar-refractivity contribution in [3.63, 3.8) is 0 Å². The van der Waals surface area contributed by atoms with Gasteiger partial charge in [-0.3, -0.25) is 9.10 Å². The van der Waals surface area contributed by atoms with Crippen LogP contribution in [0.3, 0.4) is 0 Å². The first-order valence-electron chi connectivity index (χ1n) is 10.7. The van der Waals surface area contributed by atoms with E-state index in [4.69, 9.17) is 4.74 Å². The summed E-state index contributed by atoms with van der Waals surface area (Å²) in [5.41, 5.74) is 3.66. The van der Waals surface area contributed by atoms with Crippen molar-refractivity contribution in [2.45, 2.75) is 53.0 Å². The number of anilines is 1. The Balaban J connectivity index is 2.08. The SMILES string of the molecule is CCOc1ccccc1CCCNC(=O)[C@@H](CC)N(c1ccc(C)c(C)c1)S(C)(=O)=O. The summed E-state index contributed by atoms with van der Waals surface area (Å²) in [5.74, 6) is 0.574. The molecule has 170 valence electrons. The van der Waals surface area contributed by atoms with Crippen LogP contribution in [0.25, 0.3) is 0 Å². The van der Waals surface area contributed by atoms with Gasteiger partial charge in [0.2, 0.25) is 15.9 Å². The topological polar surface area (TPSA) is 75.7 Å². The number of hydrogen-bond donors (Lipinski definition) is 1. The van der Waals surface area contributed by atoms with E-state index >= 15 is 0 Å². The molecule has 6 nitrogen and oxygen atoms in total. The van der Waals surface area contributed by atoms with Gasteiger partial charge in [0.1, 0.15) is 11.8 Å². The number of benzene rings is 2. The Morgan fingerprint density at radius 3 is 2.42 bits per heavy atom. The number of hydrogen-bond acceptors (Lipinski definition) is 4. The molecule has 31 heavy (non-hydrogen) atoms. The smallest absolute Gasteiger partial charge is 0.243 e. The molecule has 1 amide bonds. The lowest BCUT2D eigenvalue weighted by atomic mass is 10.1. The van der Waals surface area contributed by atoms with E-state index in [-0.39, 0.29) is 5.91 Å². The third-order valence-corrected chi connectivity index (χ3v) is 6.45. The standard InChI is InChI=1S/C24H34N2O4S/c1-6-22(26(31(5,28)29)21-15-14-18(3)19(4)17-21)24(27)25-16-10-12-20-11-8-9-13-23(20)30-7-2/h8-9,11,13-15,17,22H,6-7,10,12,16H2,1-5H3,(H,25,27)/t22-/m1/s1. The van der Waals surface area contributed by atoms with Crippen molar-refractivity contribution in [3.8, 4) is 5.75 Å². The van der Waals surface area contributed by atoms with E-state index in [2.05, 4.69) is 5.32 Å².